The molecule has 2 N–H and O–H groups in total. The van der Waals surface area contributed by atoms with E-state index >= 15 is 0 Å². The van der Waals surface area contributed by atoms with Gasteiger partial charge in [-0.15, -0.1) is 0 Å². The van der Waals surface area contributed by atoms with Gasteiger partial charge in [0.15, 0.2) is 0 Å². The van der Waals surface area contributed by atoms with Crippen molar-refractivity contribution in [2.24, 2.45) is 0 Å². The molecule has 0 spiro atoms. The summed E-state index contributed by atoms with van der Waals surface area (Å²) in [4.78, 5) is 4.96. The van der Waals surface area contributed by atoms with Gasteiger partial charge in [0.25, 0.3) is 0 Å². The molecule has 0 radical (unpaired) electrons. The first kappa shape index (κ1) is 10.4. The van der Waals surface area contributed by atoms with Gasteiger partial charge in [-0.25, -0.2) is 0 Å². The van der Waals surface area contributed by atoms with Gasteiger partial charge >= 0.3 is 0 Å². The number of hydrogen-bond donors (Lipinski definition) is 2. The van der Waals surface area contributed by atoms with Crippen molar-refractivity contribution in [2.75, 3.05) is 45.9 Å². The molecule has 2 saturated heterocycles. The van der Waals surface area contributed by atoms with E-state index in [4.69, 9.17) is 5.11 Å². The van der Waals surface area contributed by atoms with Gasteiger partial charge in [0.2, 0.25) is 0 Å². The summed E-state index contributed by atoms with van der Waals surface area (Å²) in [5, 5.41) is 12.2. The Morgan fingerprint density at radius 3 is 2.64 bits per heavy atom. The molecule has 2 aliphatic rings. The van der Waals surface area contributed by atoms with E-state index in [1.165, 1.54) is 0 Å². The molecule has 82 valence electrons. The lowest BCUT2D eigenvalue weighted by Gasteiger charge is -2.46. The molecule has 0 saturated carbocycles. The van der Waals surface area contributed by atoms with Crippen LogP contribution in [0.15, 0.2) is 0 Å². The van der Waals surface area contributed by atoms with E-state index in [0.29, 0.717) is 6.04 Å². The molecule has 4 nitrogen and oxygen atoms in total. The lowest BCUT2D eigenvalue weighted by atomic mass is 10.1. The van der Waals surface area contributed by atoms with Crippen LogP contribution < -0.4 is 5.32 Å². The van der Waals surface area contributed by atoms with Crippen molar-refractivity contribution in [3.8, 4) is 0 Å². The first-order valence-electron chi connectivity index (χ1n) is 5.61. The Bertz CT molecular complexity index is 184. The van der Waals surface area contributed by atoms with Crippen LogP contribution in [-0.2, 0) is 0 Å². The highest BCUT2D eigenvalue weighted by Gasteiger charge is 2.30. The monoisotopic (exact) mass is 199 g/mol. The van der Waals surface area contributed by atoms with E-state index in [-0.39, 0.29) is 6.61 Å². The minimum absolute atomic E-state index is 0.287. The van der Waals surface area contributed by atoms with Crippen LogP contribution in [0.5, 0.6) is 0 Å². The van der Waals surface area contributed by atoms with Crippen LogP contribution in [0.2, 0.25) is 0 Å². The normalized spacial score (nSPS) is 31.7. The summed E-state index contributed by atoms with van der Waals surface area (Å²) >= 11 is 0. The van der Waals surface area contributed by atoms with Crippen LogP contribution in [0.1, 0.15) is 6.92 Å². The van der Waals surface area contributed by atoms with E-state index in [2.05, 4.69) is 22.0 Å². The van der Waals surface area contributed by atoms with Gasteiger partial charge in [-0.1, -0.05) is 0 Å². The van der Waals surface area contributed by atoms with Gasteiger partial charge in [-0.2, -0.15) is 0 Å². The first-order chi connectivity index (χ1) is 6.81. The molecule has 0 amide bonds. The predicted molar refractivity (Wildman–Crippen MR) is 56.4 cm³/mol. The van der Waals surface area contributed by atoms with Crippen molar-refractivity contribution < 1.29 is 5.11 Å². The third kappa shape index (κ3) is 2.08. The molecule has 0 aromatic carbocycles. The second-order valence-corrected chi connectivity index (χ2v) is 4.42. The topological polar surface area (TPSA) is 38.7 Å². The van der Waals surface area contributed by atoms with Crippen molar-refractivity contribution >= 4 is 0 Å². The number of piperazine rings is 1. The molecule has 14 heavy (non-hydrogen) atoms. The van der Waals surface area contributed by atoms with E-state index in [9.17, 15) is 0 Å². The van der Waals surface area contributed by atoms with Crippen molar-refractivity contribution in [3.63, 3.8) is 0 Å². The third-order valence-electron chi connectivity index (χ3n) is 3.46. The van der Waals surface area contributed by atoms with Crippen molar-refractivity contribution in [1.82, 2.24) is 15.1 Å². The molecule has 0 aromatic rings. The Morgan fingerprint density at radius 1 is 1.36 bits per heavy atom. The summed E-state index contributed by atoms with van der Waals surface area (Å²) in [6.07, 6.45) is 0. The van der Waals surface area contributed by atoms with E-state index in [0.717, 1.165) is 45.3 Å². The fourth-order valence-electron chi connectivity index (χ4n) is 2.35. The summed E-state index contributed by atoms with van der Waals surface area (Å²) in [5.74, 6) is 0. The van der Waals surface area contributed by atoms with Crippen LogP contribution in [0, 0.1) is 0 Å². The molecule has 2 heterocycles. The Kier molecular flexibility index (Phi) is 3.38. The number of rotatable bonds is 3. The zero-order chi connectivity index (χ0) is 9.97. The number of aliphatic hydroxyl groups is 1. The van der Waals surface area contributed by atoms with Crippen LogP contribution in [0.25, 0.3) is 0 Å². The lowest BCUT2D eigenvalue weighted by molar-refractivity contribution is 0.0306. The van der Waals surface area contributed by atoms with Crippen LogP contribution >= 0.6 is 0 Å². The minimum Gasteiger partial charge on any atom is -0.395 e. The molecular weight excluding hydrogens is 178 g/mol. The molecule has 4 heteroatoms. The maximum absolute atomic E-state index is 8.90. The minimum atomic E-state index is 0.287. The van der Waals surface area contributed by atoms with E-state index < -0.39 is 0 Å². The smallest absolute Gasteiger partial charge is 0.0558 e. The number of β-amino-alcohol motifs (C(OH)–C–C–N with tert-alkyl or cyclic N) is 1. The molecule has 0 aliphatic carbocycles. The van der Waals surface area contributed by atoms with Crippen LogP contribution in [-0.4, -0.2) is 72.9 Å². The summed E-state index contributed by atoms with van der Waals surface area (Å²) in [6, 6.07) is 1.37. The standard InChI is InChI=1S/C10H21N3O/c1-9-8-13(10-6-11-7-10)3-2-12(9)4-5-14/h9-11,14H,2-8H2,1H3. The molecule has 2 rings (SSSR count). The maximum atomic E-state index is 8.90. The summed E-state index contributed by atoms with van der Waals surface area (Å²) < 4.78 is 0. The number of nitrogens with zero attached hydrogens (tertiary/aromatic N) is 2. The second kappa shape index (κ2) is 4.57. The summed E-state index contributed by atoms with van der Waals surface area (Å²) in [7, 11) is 0. The van der Waals surface area contributed by atoms with Crippen LogP contribution in [0.3, 0.4) is 0 Å². The highest BCUT2D eigenvalue weighted by Crippen LogP contribution is 2.13. The zero-order valence-corrected chi connectivity index (χ0v) is 8.95. The average Bonchev–Trinajstić information content (AvgIpc) is 2.07. The van der Waals surface area contributed by atoms with Crippen molar-refractivity contribution in [1.29, 1.82) is 0 Å². The van der Waals surface area contributed by atoms with Gasteiger partial charge in [0, 0.05) is 51.4 Å². The van der Waals surface area contributed by atoms with Gasteiger partial charge in [0.05, 0.1) is 6.61 Å². The maximum Gasteiger partial charge on any atom is 0.0558 e. The molecule has 2 aliphatic heterocycles. The summed E-state index contributed by atoms with van der Waals surface area (Å²) in [6.45, 7) is 9.13. The fourth-order valence-corrected chi connectivity index (χ4v) is 2.35. The van der Waals surface area contributed by atoms with Gasteiger partial charge in [-0.3, -0.25) is 9.80 Å². The number of nitrogens with one attached hydrogen (secondary N) is 1. The Labute approximate surface area is 85.9 Å². The SMILES string of the molecule is CC1CN(C2CNC2)CCN1CCO. The molecule has 2 fully saturated rings. The van der Waals surface area contributed by atoms with Gasteiger partial charge in [-0.05, 0) is 6.92 Å². The van der Waals surface area contributed by atoms with Crippen LogP contribution in [0.4, 0.5) is 0 Å². The van der Waals surface area contributed by atoms with E-state index in [1.54, 1.807) is 0 Å². The lowest BCUT2D eigenvalue weighted by Crippen LogP contribution is -2.63. The van der Waals surface area contributed by atoms with E-state index in [1.807, 2.05) is 0 Å². The second-order valence-electron chi connectivity index (χ2n) is 4.42. The Hall–Kier alpha value is -0.160. The first-order valence-corrected chi connectivity index (χ1v) is 5.61. The van der Waals surface area contributed by atoms with Gasteiger partial charge in [0.1, 0.15) is 0 Å². The highest BCUT2D eigenvalue weighted by molar-refractivity contribution is 4.89. The van der Waals surface area contributed by atoms with Crippen molar-refractivity contribution in [2.45, 2.75) is 19.0 Å². The molecule has 0 bridgehead atoms. The Balaban J connectivity index is 1.79. The summed E-state index contributed by atoms with van der Waals surface area (Å²) in [5.41, 5.74) is 0. The Morgan fingerprint density at radius 2 is 2.14 bits per heavy atom. The third-order valence-corrected chi connectivity index (χ3v) is 3.46. The fraction of sp³-hybridized carbons (Fsp3) is 1.00. The quantitative estimate of drug-likeness (QED) is 0.609. The number of hydrogen-bond acceptors (Lipinski definition) is 4. The largest absolute Gasteiger partial charge is 0.395 e. The van der Waals surface area contributed by atoms with Crippen molar-refractivity contribution in [3.05, 3.63) is 0 Å². The average molecular weight is 199 g/mol. The van der Waals surface area contributed by atoms with Gasteiger partial charge < -0.3 is 10.4 Å². The zero-order valence-electron chi connectivity index (χ0n) is 8.95. The molecular formula is C10H21N3O. The molecule has 0 aromatic heterocycles. The number of aliphatic hydroxyl groups excluding tert-OH is 1. The molecule has 1 atom stereocenters. The predicted octanol–water partition coefficient (Wildman–Crippen LogP) is -1.04. The highest BCUT2D eigenvalue weighted by atomic mass is 16.3. The molecule has 1 unspecified atom stereocenters.